The van der Waals surface area contributed by atoms with Crippen LogP contribution in [0, 0.1) is 17.8 Å². The molecule has 0 aliphatic rings. The molecule has 0 N–H and O–H groups in total. The summed E-state index contributed by atoms with van der Waals surface area (Å²) >= 11 is 0. The van der Waals surface area contributed by atoms with Crippen LogP contribution in [0.2, 0.25) is 0 Å². The standard InChI is InChI=1S/C13H22O/c1-4-6-7-8-9-10-12(3)11-13(14)5-2/h12H,4-8,11H2,1-3H3. The molecule has 1 nitrogen and oxygen atoms in total. The lowest BCUT2D eigenvalue weighted by Gasteiger charge is -1.99. The highest BCUT2D eigenvalue weighted by molar-refractivity contribution is 5.78. The molecule has 0 aliphatic heterocycles. The second kappa shape index (κ2) is 8.81. The van der Waals surface area contributed by atoms with E-state index >= 15 is 0 Å². The van der Waals surface area contributed by atoms with Crippen LogP contribution >= 0.6 is 0 Å². The van der Waals surface area contributed by atoms with Gasteiger partial charge in [-0.2, -0.15) is 0 Å². The molecule has 0 aromatic heterocycles. The quantitative estimate of drug-likeness (QED) is 0.466. The fraction of sp³-hybridized carbons (Fsp3) is 0.769. The van der Waals surface area contributed by atoms with Crippen LogP contribution in [0.3, 0.4) is 0 Å². The van der Waals surface area contributed by atoms with Crippen molar-refractivity contribution in [2.75, 3.05) is 0 Å². The topological polar surface area (TPSA) is 17.1 Å². The van der Waals surface area contributed by atoms with Crippen LogP contribution in [0.25, 0.3) is 0 Å². The lowest BCUT2D eigenvalue weighted by molar-refractivity contribution is -0.119. The Kier molecular flexibility index (Phi) is 8.33. The average Bonchev–Trinajstić information content (AvgIpc) is 2.17. The number of carbonyl (C=O) groups is 1. The second-order valence-electron chi connectivity index (χ2n) is 3.78. The van der Waals surface area contributed by atoms with E-state index in [1.807, 2.05) is 13.8 Å². The van der Waals surface area contributed by atoms with Crippen molar-refractivity contribution in [2.24, 2.45) is 5.92 Å². The summed E-state index contributed by atoms with van der Waals surface area (Å²) in [7, 11) is 0. The Balaban J connectivity index is 3.58. The largest absolute Gasteiger partial charge is 0.300 e. The van der Waals surface area contributed by atoms with Crippen molar-refractivity contribution < 1.29 is 4.79 Å². The van der Waals surface area contributed by atoms with E-state index in [-0.39, 0.29) is 5.92 Å². The highest BCUT2D eigenvalue weighted by Gasteiger charge is 2.03. The average molecular weight is 194 g/mol. The first-order valence-electron chi connectivity index (χ1n) is 5.70. The monoisotopic (exact) mass is 194 g/mol. The van der Waals surface area contributed by atoms with E-state index in [0.29, 0.717) is 18.6 Å². The maximum Gasteiger partial charge on any atom is 0.133 e. The Hall–Kier alpha value is -0.770. The second-order valence-corrected chi connectivity index (χ2v) is 3.78. The van der Waals surface area contributed by atoms with Crippen LogP contribution in [0.4, 0.5) is 0 Å². The zero-order valence-corrected chi connectivity index (χ0v) is 9.73. The molecule has 80 valence electrons. The lowest BCUT2D eigenvalue weighted by atomic mass is 10.0. The van der Waals surface area contributed by atoms with Gasteiger partial charge in [-0.15, -0.1) is 5.92 Å². The maximum absolute atomic E-state index is 11.1. The van der Waals surface area contributed by atoms with Gasteiger partial charge in [0.05, 0.1) is 0 Å². The van der Waals surface area contributed by atoms with Crippen molar-refractivity contribution in [3.05, 3.63) is 0 Å². The zero-order valence-electron chi connectivity index (χ0n) is 9.73. The van der Waals surface area contributed by atoms with Crippen LogP contribution in [-0.4, -0.2) is 5.78 Å². The Morgan fingerprint density at radius 3 is 2.57 bits per heavy atom. The van der Waals surface area contributed by atoms with E-state index in [0.717, 1.165) is 6.42 Å². The first kappa shape index (κ1) is 13.2. The fourth-order valence-corrected chi connectivity index (χ4v) is 1.25. The van der Waals surface area contributed by atoms with Crippen LogP contribution in [0.15, 0.2) is 0 Å². The summed E-state index contributed by atoms with van der Waals surface area (Å²) < 4.78 is 0. The third-order valence-corrected chi connectivity index (χ3v) is 2.18. The molecule has 0 aromatic carbocycles. The van der Waals surface area contributed by atoms with E-state index in [4.69, 9.17) is 0 Å². The SMILES string of the molecule is CCCCCC#CC(C)CC(=O)CC. The fourth-order valence-electron chi connectivity index (χ4n) is 1.25. The Bertz CT molecular complexity index is 207. The predicted octanol–water partition coefficient (Wildman–Crippen LogP) is 3.58. The number of hydrogen-bond donors (Lipinski definition) is 0. The first-order chi connectivity index (χ1) is 6.70. The minimum Gasteiger partial charge on any atom is -0.300 e. The maximum atomic E-state index is 11.1. The number of hydrogen-bond acceptors (Lipinski definition) is 1. The molecule has 0 saturated carbocycles. The molecule has 0 rings (SSSR count). The van der Waals surface area contributed by atoms with Gasteiger partial charge in [0, 0.05) is 25.2 Å². The molecule has 14 heavy (non-hydrogen) atoms. The summed E-state index contributed by atoms with van der Waals surface area (Å²) in [6.45, 7) is 6.13. The molecule has 0 heterocycles. The van der Waals surface area contributed by atoms with Gasteiger partial charge in [0.15, 0.2) is 0 Å². The highest BCUT2D eigenvalue weighted by Crippen LogP contribution is 2.03. The molecule has 0 saturated heterocycles. The molecule has 0 spiro atoms. The number of ketones is 1. The van der Waals surface area contributed by atoms with Gasteiger partial charge < -0.3 is 0 Å². The Morgan fingerprint density at radius 2 is 2.00 bits per heavy atom. The third-order valence-electron chi connectivity index (χ3n) is 2.18. The molecule has 0 bridgehead atoms. The highest BCUT2D eigenvalue weighted by atomic mass is 16.1. The van der Waals surface area contributed by atoms with Gasteiger partial charge in [-0.05, 0) is 6.42 Å². The molecule has 0 amide bonds. The molecule has 1 heteroatoms. The van der Waals surface area contributed by atoms with Gasteiger partial charge in [0.25, 0.3) is 0 Å². The third kappa shape index (κ3) is 7.86. The molecule has 0 fully saturated rings. The number of Topliss-reactive ketones (excluding diaryl/α,β-unsaturated/α-hetero) is 1. The number of unbranched alkanes of at least 4 members (excludes halogenated alkanes) is 3. The van der Waals surface area contributed by atoms with E-state index in [2.05, 4.69) is 18.8 Å². The summed E-state index contributed by atoms with van der Waals surface area (Å²) in [6.07, 6.45) is 5.94. The molecule has 1 atom stereocenters. The molecular weight excluding hydrogens is 172 g/mol. The minimum atomic E-state index is 0.240. The van der Waals surface area contributed by atoms with Crippen molar-refractivity contribution in [2.45, 2.75) is 59.3 Å². The van der Waals surface area contributed by atoms with Crippen molar-refractivity contribution in [3.8, 4) is 11.8 Å². The van der Waals surface area contributed by atoms with Gasteiger partial charge in [0.2, 0.25) is 0 Å². The summed E-state index contributed by atoms with van der Waals surface area (Å²) in [5.74, 6) is 6.84. The molecule has 1 unspecified atom stereocenters. The van der Waals surface area contributed by atoms with Gasteiger partial charge >= 0.3 is 0 Å². The Labute approximate surface area is 88.3 Å². The normalized spacial score (nSPS) is 11.6. The van der Waals surface area contributed by atoms with Gasteiger partial charge in [-0.1, -0.05) is 39.5 Å². The lowest BCUT2D eigenvalue weighted by Crippen LogP contribution is -2.01. The summed E-state index contributed by atoms with van der Waals surface area (Å²) in [5.41, 5.74) is 0. The van der Waals surface area contributed by atoms with E-state index in [1.54, 1.807) is 0 Å². The van der Waals surface area contributed by atoms with Gasteiger partial charge in [-0.25, -0.2) is 0 Å². The van der Waals surface area contributed by atoms with Crippen molar-refractivity contribution in [1.82, 2.24) is 0 Å². The van der Waals surface area contributed by atoms with Crippen LogP contribution < -0.4 is 0 Å². The molecule has 0 radical (unpaired) electrons. The first-order valence-corrected chi connectivity index (χ1v) is 5.70. The van der Waals surface area contributed by atoms with Crippen LogP contribution in [-0.2, 0) is 4.79 Å². The molecular formula is C13H22O. The summed E-state index contributed by atoms with van der Waals surface area (Å²) in [5, 5.41) is 0. The Morgan fingerprint density at radius 1 is 1.29 bits per heavy atom. The molecule has 0 aliphatic carbocycles. The predicted molar refractivity (Wildman–Crippen MR) is 61.0 cm³/mol. The van der Waals surface area contributed by atoms with Crippen molar-refractivity contribution in [3.63, 3.8) is 0 Å². The van der Waals surface area contributed by atoms with E-state index in [1.165, 1.54) is 19.3 Å². The number of carbonyl (C=O) groups excluding carboxylic acids is 1. The smallest absolute Gasteiger partial charge is 0.133 e. The minimum absolute atomic E-state index is 0.240. The number of rotatable bonds is 6. The van der Waals surface area contributed by atoms with Gasteiger partial charge in [-0.3, -0.25) is 4.79 Å². The van der Waals surface area contributed by atoms with E-state index in [9.17, 15) is 4.79 Å². The van der Waals surface area contributed by atoms with Gasteiger partial charge in [0.1, 0.15) is 5.78 Å². The van der Waals surface area contributed by atoms with Crippen molar-refractivity contribution in [1.29, 1.82) is 0 Å². The van der Waals surface area contributed by atoms with Crippen molar-refractivity contribution >= 4 is 5.78 Å². The zero-order chi connectivity index (χ0) is 10.8. The van der Waals surface area contributed by atoms with Crippen LogP contribution in [0.5, 0.6) is 0 Å². The van der Waals surface area contributed by atoms with E-state index < -0.39 is 0 Å². The molecule has 0 aromatic rings. The summed E-state index contributed by atoms with van der Waals surface area (Å²) in [6, 6.07) is 0. The summed E-state index contributed by atoms with van der Waals surface area (Å²) in [4.78, 5) is 11.1. The van der Waals surface area contributed by atoms with Crippen LogP contribution in [0.1, 0.15) is 59.3 Å².